The number of nitrogens with zero attached hydrogens (tertiary/aromatic N) is 2. The largest absolute Gasteiger partial charge is 0.447 e. The number of piperidine rings is 2. The highest BCUT2D eigenvalue weighted by Crippen LogP contribution is 2.29. The van der Waals surface area contributed by atoms with Crippen LogP contribution in [0, 0.1) is 17.0 Å². The van der Waals surface area contributed by atoms with E-state index < -0.39 is 0 Å². The Balaban J connectivity index is 0.000000311. The van der Waals surface area contributed by atoms with Crippen LogP contribution < -0.4 is 11.1 Å². The number of anilines is 1. The molecule has 2 aliphatic rings. The summed E-state index contributed by atoms with van der Waals surface area (Å²) in [5.74, 6) is -0.765. The molecule has 176 valence electrons. The van der Waals surface area contributed by atoms with Crippen molar-refractivity contribution in [2.24, 2.45) is 0 Å². The maximum Gasteiger partial charge on any atom is 0.410 e. The highest BCUT2D eigenvalue weighted by molar-refractivity contribution is 7.98. The van der Waals surface area contributed by atoms with Crippen LogP contribution in [0.25, 0.3) is 0 Å². The van der Waals surface area contributed by atoms with Crippen molar-refractivity contribution in [3.05, 3.63) is 23.8 Å². The number of hydrogen-bond donors (Lipinski definition) is 3. The van der Waals surface area contributed by atoms with Gasteiger partial charge in [-0.15, -0.1) is 11.8 Å². The van der Waals surface area contributed by atoms with Crippen LogP contribution in [0.2, 0.25) is 0 Å². The number of thioether (sulfide) groups is 1. The van der Waals surface area contributed by atoms with Gasteiger partial charge in [0.25, 0.3) is 0 Å². The lowest BCUT2D eigenvalue weighted by Crippen LogP contribution is -2.41. The van der Waals surface area contributed by atoms with E-state index in [0.29, 0.717) is 68.2 Å². The summed E-state index contributed by atoms with van der Waals surface area (Å²) < 4.78 is 32.5. The fourth-order valence-electron chi connectivity index (χ4n) is 3.26. The van der Waals surface area contributed by atoms with Gasteiger partial charge in [0, 0.05) is 55.7 Å². The molecule has 5 N–H and O–H groups in total. The summed E-state index contributed by atoms with van der Waals surface area (Å²) >= 11 is 1.20. The van der Waals surface area contributed by atoms with Crippen LogP contribution in [0.5, 0.6) is 0 Å². The van der Waals surface area contributed by atoms with E-state index in [9.17, 15) is 18.7 Å². The Kier molecular flexibility index (Phi) is 11.2. The standard InChI is InChI=1S/C12H14F2N2S.C9H17NO3.H3N/c1-17-12-7-9(13)11(6-10(12)14)16-4-2-8(15)3-5-16;1-7(2)13-9(12)10-5-3-8(11)4-6-10;/h6-7,15H,2-5H2,1H3;7-8,11H,3-6H2,1-2H3;1H3. The number of amides is 1. The molecule has 1 aromatic carbocycles. The molecular formula is C21H34F2N4O3S. The summed E-state index contributed by atoms with van der Waals surface area (Å²) in [6, 6.07) is 2.51. The molecule has 0 aromatic heterocycles. The highest BCUT2D eigenvalue weighted by atomic mass is 32.2. The zero-order valence-corrected chi connectivity index (χ0v) is 19.3. The van der Waals surface area contributed by atoms with Gasteiger partial charge < -0.3 is 31.2 Å². The summed E-state index contributed by atoms with van der Waals surface area (Å²) in [6.07, 6.45) is 3.72. The van der Waals surface area contributed by atoms with Crippen LogP contribution >= 0.6 is 11.8 Å². The first-order valence-electron chi connectivity index (χ1n) is 10.2. The van der Waals surface area contributed by atoms with Gasteiger partial charge in [-0.2, -0.15) is 0 Å². The number of halogens is 2. The third kappa shape index (κ3) is 8.27. The van der Waals surface area contributed by atoms with E-state index in [1.165, 1.54) is 23.9 Å². The van der Waals surface area contributed by atoms with Gasteiger partial charge in [0.2, 0.25) is 0 Å². The van der Waals surface area contributed by atoms with Gasteiger partial charge in [0.1, 0.15) is 11.6 Å². The van der Waals surface area contributed by atoms with Crippen LogP contribution in [0.4, 0.5) is 19.3 Å². The Bertz CT molecular complexity index is 734. The Morgan fingerprint density at radius 1 is 1.16 bits per heavy atom. The predicted octanol–water partition coefficient (Wildman–Crippen LogP) is 4.46. The van der Waals surface area contributed by atoms with Crippen LogP contribution in [0.1, 0.15) is 39.5 Å². The van der Waals surface area contributed by atoms with Gasteiger partial charge in [-0.25, -0.2) is 13.6 Å². The molecule has 2 aliphatic heterocycles. The lowest BCUT2D eigenvalue weighted by Gasteiger charge is -2.29. The monoisotopic (exact) mass is 460 g/mol. The Labute approximate surface area is 187 Å². The molecule has 0 bridgehead atoms. The Morgan fingerprint density at radius 3 is 2.26 bits per heavy atom. The maximum atomic E-state index is 13.8. The van der Waals surface area contributed by atoms with Gasteiger partial charge in [0.15, 0.2) is 0 Å². The summed E-state index contributed by atoms with van der Waals surface area (Å²) in [4.78, 5) is 15.1. The molecule has 0 unspecified atom stereocenters. The first kappa shape index (κ1) is 27.1. The first-order chi connectivity index (χ1) is 14.2. The van der Waals surface area contributed by atoms with E-state index in [-0.39, 0.29) is 36.1 Å². The molecule has 2 heterocycles. The number of likely N-dealkylation sites (tertiary alicyclic amines) is 1. The number of ether oxygens (including phenoxy) is 1. The first-order valence-corrected chi connectivity index (χ1v) is 11.4. The van der Waals surface area contributed by atoms with Crippen molar-refractivity contribution in [1.82, 2.24) is 11.1 Å². The van der Waals surface area contributed by atoms with Crippen LogP contribution in [0.15, 0.2) is 17.0 Å². The number of hydrogen-bond acceptors (Lipinski definition) is 7. The molecule has 0 saturated carbocycles. The Hall–Kier alpha value is -1.91. The molecular weight excluding hydrogens is 426 g/mol. The molecule has 10 heteroatoms. The second kappa shape index (κ2) is 12.8. The van der Waals surface area contributed by atoms with Crippen LogP contribution in [-0.2, 0) is 4.74 Å². The van der Waals surface area contributed by atoms with Crippen molar-refractivity contribution in [3.8, 4) is 0 Å². The number of carbonyl (C=O) groups excluding carboxylic acids is 1. The third-order valence-corrected chi connectivity index (χ3v) is 5.74. The van der Waals surface area contributed by atoms with Crippen LogP contribution in [-0.4, -0.2) is 66.5 Å². The lowest BCUT2D eigenvalue weighted by molar-refractivity contribution is 0.0457. The number of carbonyl (C=O) groups is 1. The van der Waals surface area contributed by atoms with Gasteiger partial charge in [-0.05, 0) is 39.0 Å². The van der Waals surface area contributed by atoms with Gasteiger partial charge in [-0.1, -0.05) is 0 Å². The van der Waals surface area contributed by atoms with E-state index in [2.05, 4.69) is 0 Å². The SMILES string of the molecule is CC(C)OC(=O)N1CCC(O)CC1.CSc1cc(F)c(N2CCC(=N)CC2)cc1F.N. The zero-order chi connectivity index (χ0) is 22.3. The van der Waals surface area contributed by atoms with Crippen LogP contribution in [0.3, 0.4) is 0 Å². The summed E-state index contributed by atoms with van der Waals surface area (Å²) in [7, 11) is 0. The molecule has 0 atom stereocenters. The minimum Gasteiger partial charge on any atom is -0.447 e. The van der Waals surface area contributed by atoms with E-state index >= 15 is 0 Å². The smallest absolute Gasteiger partial charge is 0.410 e. The number of aliphatic hydroxyl groups is 1. The van der Waals surface area contributed by atoms with E-state index in [4.69, 9.17) is 10.1 Å². The van der Waals surface area contributed by atoms with Crippen molar-refractivity contribution in [1.29, 1.82) is 5.41 Å². The van der Waals surface area contributed by atoms with Crippen molar-refractivity contribution < 1.29 is 23.4 Å². The Morgan fingerprint density at radius 2 is 1.74 bits per heavy atom. The van der Waals surface area contributed by atoms with E-state index in [0.717, 1.165) is 0 Å². The zero-order valence-electron chi connectivity index (χ0n) is 18.5. The van der Waals surface area contributed by atoms with E-state index in [1.54, 1.807) is 16.1 Å². The van der Waals surface area contributed by atoms with Gasteiger partial charge in [-0.3, -0.25) is 0 Å². The predicted molar refractivity (Wildman–Crippen MR) is 121 cm³/mol. The summed E-state index contributed by atoms with van der Waals surface area (Å²) in [6.45, 7) is 6.05. The quantitative estimate of drug-likeness (QED) is 0.574. The average Bonchev–Trinajstić information content (AvgIpc) is 2.70. The summed E-state index contributed by atoms with van der Waals surface area (Å²) in [5, 5.41) is 16.7. The molecule has 0 aliphatic carbocycles. The number of aliphatic hydroxyl groups excluding tert-OH is 1. The van der Waals surface area contributed by atoms with Gasteiger partial charge in [0.05, 0.1) is 17.9 Å². The van der Waals surface area contributed by atoms with Crippen molar-refractivity contribution in [2.75, 3.05) is 37.3 Å². The minimum atomic E-state index is -0.385. The molecule has 2 saturated heterocycles. The molecule has 31 heavy (non-hydrogen) atoms. The average molecular weight is 461 g/mol. The van der Waals surface area contributed by atoms with E-state index in [1.807, 2.05) is 13.8 Å². The van der Waals surface area contributed by atoms with Crippen molar-refractivity contribution in [2.45, 2.75) is 56.6 Å². The molecule has 2 fully saturated rings. The fraction of sp³-hybridized carbons (Fsp3) is 0.619. The fourth-order valence-corrected chi connectivity index (χ4v) is 3.73. The summed E-state index contributed by atoms with van der Waals surface area (Å²) in [5.41, 5.74) is 0.996. The van der Waals surface area contributed by atoms with Crippen molar-refractivity contribution in [3.63, 3.8) is 0 Å². The number of nitrogens with one attached hydrogen (secondary N) is 1. The third-order valence-electron chi connectivity index (χ3n) is 4.99. The van der Waals surface area contributed by atoms with Crippen molar-refractivity contribution >= 4 is 29.3 Å². The number of benzene rings is 1. The molecule has 0 radical (unpaired) electrons. The molecule has 7 nitrogen and oxygen atoms in total. The second-order valence-corrected chi connectivity index (χ2v) is 8.53. The lowest BCUT2D eigenvalue weighted by atomic mass is 10.1. The second-order valence-electron chi connectivity index (χ2n) is 7.68. The molecule has 3 rings (SSSR count). The minimum absolute atomic E-state index is 0. The molecule has 0 spiro atoms. The normalized spacial score (nSPS) is 17.1. The topological polar surface area (TPSA) is 112 Å². The molecule has 1 amide bonds. The molecule has 1 aromatic rings. The highest BCUT2D eigenvalue weighted by Gasteiger charge is 2.22. The number of rotatable bonds is 3. The maximum absolute atomic E-state index is 13.8. The van der Waals surface area contributed by atoms with Gasteiger partial charge >= 0.3 is 6.09 Å².